The van der Waals surface area contributed by atoms with E-state index in [2.05, 4.69) is 19.6 Å². The van der Waals surface area contributed by atoms with E-state index in [1.165, 1.54) is 37.2 Å². The van der Waals surface area contributed by atoms with Crippen molar-refractivity contribution < 1.29 is 0 Å². The van der Waals surface area contributed by atoms with E-state index in [1.54, 1.807) is 0 Å². The SMILES string of the molecule is Cc1nsc(N2CCCC2CNC2CC2)n1. The topological polar surface area (TPSA) is 41.1 Å². The van der Waals surface area contributed by atoms with Crippen LogP contribution >= 0.6 is 11.5 Å². The van der Waals surface area contributed by atoms with Crippen molar-refractivity contribution in [2.45, 2.75) is 44.7 Å². The first-order valence-electron chi connectivity index (χ1n) is 6.13. The number of aryl methyl sites for hydroxylation is 1. The number of hydrogen-bond donors (Lipinski definition) is 1. The molecular weight excluding hydrogens is 220 g/mol. The average Bonchev–Trinajstić information content (AvgIpc) is 2.82. The minimum absolute atomic E-state index is 0.632. The van der Waals surface area contributed by atoms with Gasteiger partial charge in [-0.25, -0.2) is 4.98 Å². The lowest BCUT2D eigenvalue weighted by Gasteiger charge is -2.23. The molecule has 0 spiro atoms. The fraction of sp³-hybridized carbons (Fsp3) is 0.818. The molecule has 0 radical (unpaired) electrons. The highest BCUT2D eigenvalue weighted by Gasteiger charge is 2.29. The Morgan fingerprint density at radius 1 is 1.44 bits per heavy atom. The second kappa shape index (κ2) is 4.30. The molecule has 1 aliphatic carbocycles. The van der Waals surface area contributed by atoms with Gasteiger partial charge in [-0.3, -0.25) is 0 Å². The van der Waals surface area contributed by atoms with Gasteiger partial charge in [0.15, 0.2) is 0 Å². The third kappa shape index (κ3) is 2.20. The zero-order valence-electron chi connectivity index (χ0n) is 9.65. The van der Waals surface area contributed by atoms with Crippen LogP contribution in [-0.2, 0) is 0 Å². The lowest BCUT2D eigenvalue weighted by atomic mass is 10.2. The molecule has 1 aromatic rings. The molecule has 0 bridgehead atoms. The van der Waals surface area contributed by atoms with Gasteiger partial charge in [0.2, 0.25) is 5.13 Å². The van der Waals surface area contributed by atoms with Crippen LogP contribution in [-0.4, -0.2) is 34.5 Å². The second-order valence-corrected chi connectivity index (χ2v) is 5.53. The number of nitrogens with zero attached hydrogens (tertiary/aromatic N) is 3. The van der Waals surface area contributed by atoms with Crippen molar-refractivity contribution in [3.05, 3.63) is 5.82 Å². The highest BCUT2D eigenvalue weighted by atomic mass is 32.1. The highest BCUT2D eigenvalue weighted by Crippen LogP contribution is 2.27. The van der Waals surface area contributed by atoms with Gasteiger partial charge in [0.05, 0.1) is 0 Å². The standard InChI is InChI=1S/C11H18N4S/c1-8-13-11(16-14-8)15-6-2-3-10(15)7-12-9-4-5-9/h9-10,12H,2-7H2,1H3. The molecule has 1 N–H and O–H groups in total. The van der Waals surface area contributed by atoms with Crippen LogP contribution in [0.5, 0.6) is 0 Å². The maximum atomic E-state index is 4.49. The maximum absolute atomic E-state index is 4.49. The molecule has 5 heteroatoms. The van der Waals surface area contributed by atoms with Crippen LogP contribution in [0.25, 0.3) is 0 Å². The van der Waals surface area contributed by atoms with Gasteiger partial charge >= 0.3 is 0 Å². The summed E-state index contributed by atoms with van der Waals surface area (Å²) in [5, 5.41) is 4.73. The monoisotopic (exact) mass is 238 g/mol. The van der Waals surface area contributed by atoms with Crippen LogP contribution < -0.4 is 10.2 Å². The van der Waals surface area contributed by atoms with Gasteiger partial charge in [0.1, 0.15) is 5.82 Å². The minimum Gasteiger partial charge on any atom is -0.343 e. The van der Waals surface area contributed by atoms with Gasteiger partial charge in [-0.2, -0.15) is 4.37 Å². The highest BCUT2D eigenvalue weighted by molar-refractivity contribution is 7.09. The van der Waals surface area contributed by atoms with Gasteiger partial charge in [-0.1, -0.05) is 0 Å². The summed E-state index contributed by atoms with van der Waals surface area (Å²) >= 11 is 1.54. The van der Waals surface area contributed by atoms with Crippen LogP contribution in [0.4, 0.5) is 5.13 Å². The van der Waals surface area contributed by atoms with Crippen molar-refractivity contribution in [3.63, 3.8) is 0 Å². The molecule has 2 aliphatic rings. The Morgan fingerprint density at radius 3 is 3.00 bits per heavy atom. The molecule has 2 fully saturated rings. The number of aromatic nitrogens is 2. The third-order valence-electron chi connectivity index (χ3n) is 3.36. The van der Waals surface area contributed by atoms with Crippen molar-refractivity contribution in [3.8, 4) is 0 Å². The van der Waals surface area contributed by atoms with Crippen LogP contribution in [0.1, 0.15) is 31.5 Å². The number of nitrogens with one attached hydrogen (secondary N) is 1. The minimum atomic E-state index is 0.632. The van der Waals surface area contributed by atoms with Crippen LogP contribution in [0.3, 0.4) is 0 Å². The Labute approximate surface area is 100 Å². The normalized spacial score (nSPS) is 25.3. The second-order valence-electron chi connectivity index (χ2n) is 4.80. The van der Waals surface area contributed by atoms with Gasteiger partial charge in [-0.15, -0.1) is 0 Å². The Kier molecular flexibility index (Phi) is 2.81. The number of rotatable bonds is 4. The summed E-state index contributed by atoms with van der Waals surface area (Å²) in [4.78, 5) is 6.92. The molecule has 16 heavy (non-hydrogen) atoms. The molecule has 4 nitrogen and oxygen atoms in total. The van der Waals surface area contributed by atoms with Crippen molar-refractivity contribution in [1.29, 1.82) is 0 Å². The smallest absolute Gasteiger partial charge is 0.205 e. The van der Waals surface area contributed by atoms with E-state index in [1.807, 2.05) is 6.92 Å². The lowest BCUT2D eigenvalue weighted by molar-refractivity contribution is 0.570. The molecule has 1 atom stereocenters. The summed E-state index contributed by atoms with van der Waals surface area (Å²) in [6, 6.07) is 1.44. The van der Waals surface area contributed by atoms with Crippen LogP contribution in [0.2, 0.25) is 0 Å². The summed E-state index contributed by atoms with van der Waals surface area (Å²) in [7, 11) is 0. The van der Waals surface area contributed by atoms with E-state index in [0.29, 0.717) is 6.04 Å². The fourth-order valence-electron chi connectivity index (χ4n) is 2.29. The summed E-state index contributed by atoms with van der Waals surface area (Å²) in [6.45, 7) is 4.22. The van der Waals surface area contributed by atoms with Gasteiger partial charge in [0, 0.05) is 36.7 Å². The van der Waals surface area contributed by atoms with E-state index in [4.69, 9.17) is 0 Å². The molecule has 88 valence electrons. The van der Waals surface area contributed by atoms with Crippen LogP contribution in [0.15, 0.2) is 0 Å². The zero-order chi connectivity index (χ0) is 11.0. The van der Waals surface area contributed by atoms with E-state index in [0.717, 1.165) is 30.1 Å². The summed E-state index contributed by atoms with van der Waals surface area (Å²) in [5.41, 5.74) is 0. The molecule has 2 heterocycles. The first kappa shape index (κ1) is 10.5. The van der Waals surface area contributed by atoms with Gasteiger partial charge in [0.25, 0.3) is 0 Å². The van der Waals surface area contributed by atoms with Crippen molar-refractivity contribution in [2.24, 2.45) is 0 Å². The molecule has 1 aliphatic heterocycles. The molecule has 1 saturated carbocycles. The summed E-state index contributed by atoms with van der Waals surface area (Å²) in [6.07, 6.45) is 5.31. The first-order chi connectivity index (χ1) is 7.83. The zero-order valence-corrected chi connectivity index (χ0v) is 10.5. The van der Waals surface area contributed by atoms with Crippen molar-refractivity contribution in [2.75, 3.05) is 18.0 Å². The first-order valence-corrected chi connectivity index (χ1v) is 6.90. The number of hydrogen-bond acceptors (Lipinski definition) is 5. The Hall–Kier alpha value is -0.680. The Bertz CT molecular complexity index is 361. The molecule has 1 unspecified atom stereocenters. The predicted molar refractivity (Wildman–Crippen MR) is 66.0 cm³/mol. The van der Waals surface area contributed by atoms with E-state index < -0.39 is 0 Å². The average molecular weight is 238 g/mol. The third-order valence-corrected chi connectivity index (χ3v) is 4.20. The van der Waals surface area contributed by atoms with Crippen LogP contribution in [0, 0.1) is 6.92 Å². The molecular formula is C11H18N4S. The molecule has 1 saturated heterocycles. The van der Waals surface area contributed by atoms with Crippen molar-refractivity contribution >= 4 is 16.7 Å². The quantitative estimate of drug-likeness (QED) is 0.864. The molecule has 1 aromatic heterocycles. The molecule has 0 amide bonds. The lowest BCUT2D eigenvalue weighted by Crippen LogP contribution is -2.38. The largest absolute Gasteiger partial charge is 0.343 e. The Balaban J connectivity index is 1.63. The maximum Gasteiger partial charge on any atom is 0.205 e. The molecule has 0 aromatic carbocycles. The van der Waals surface area contributed by atoms with Crippen molar-refractivity contribution in [1.82, 2.24) is 14.7 Å². The van der Waals surface area contributed by atoms with Gasteiger partial charge in [-0.05, 0) is 32.6 Å². The number of anilines is 1. The van der Waals surface area contributed by atoms with E-state index in [-0.39, 0.29) is 0 Å². The van der Waals surface area contributed by atoms with E-state index >= 15 is 0 Å². The molecule has 3 rings (SSSR count). The predicted octanol–water partition coefficient (Wildman–Crippen LogP) is 1.57. The fourth-order valence-corrected chi connectivity index (χ4v) is 3.07. The van der Waals surface area contributed by atoms with E-state index in [9.17, 15) is 0 Å². The van der Waals surface area contributed by atoms with Gasteiger partial charge < -0.3 is 10.2 Å². The summed E-state index contributed by atoms with van der Waals surface area (Å²) in [5.74, 6) is 0.904. The Morgan fingerprint density at radius 2 is 2.31 bits per heavy atom. The summed E-state index contributed by atoms with van der Waals surface area (Å²) < 4.78 is 4.27.